The molecule has 6 heteroatoms. The molecule has 0 aliphatic heterocycles. The van der Waals surface area contributed by atoms with E-state index in [1.54, 1.807) is 24.1 Å². The van der Waals surface area contributed by atoms with Crippen molar-refractivity contribution in [1.82, 2.24) is 4.90 Å². The highest BCUT2D eigenvalue weighted by atomic mass is 16.5. The lowest BCUT2D eigenvalue weighted by Crippen LogP contribution is -2.39. The second-order valence-electron chi connectivity index (χ2n) is 5.15. The quantitative estimate of drug-likeness (QED) is 0.810. The monoisotopic (exact) mass is 294 g/mol. The molecule has 0 fully saturated rings. The molecular weight excluding hydrogens is 272 g/mol. The van der Waals surface area contributed by atoms with Crippen molar-refractivity contribution in [2.24, 2.45) is 5.92 Å². The zero-order valence-corrected chi connectivity index (χ0v) is 12.6. The smallest absolute Gasteiger partial charge is 0.335 e. The van der Waals surface area contributed by atoms with E-state index in [0.717, 1.165) is 0 Å². The molecule has 0 aromatic heterocycles. The first kappa shape index (κ1) is 17.0. The minimum atomic E-state index is -1.02. The van der Waals surface area contributed by atoms with Crippen LogP contribution in [0.1, 0.15) is 24.2 Å². The number of carboxylic acids is 1. The van der Waals surface area contributed by atoms with Crippen LogP contribution < -0.4 is 5.32 Å². The van der Waals surface area contributed by atoms with E-state index in [-0.39, 0.29) is 11.6 Å². The molecule has 2 N–H and O–H groups in total. The molecule has 0 aliphatic rings. The molecule has 21 heavy (non-hydrogen) atoms. The maximum Gasteiger partial charge on any atom is 0.335 e. The Kier molecular flexibility index (Phi) is 6.68. The maximum atomic E-state index is 12.2. The maximum absolute atomic E-state index is 12.2. The normalized spacial score (nSPS) is 10.5. The standard InChI is InChI=1S/C15H22N2O4/c1-11(2)10-17(7-8-21-3)15(20)16-13-6-4-5-12(9-13)14(18)19/h4-6,9,11H,7-8,10H2,1-3H3,(H,16,20)(H,18,19). The fraction of sp³-hybridized carbons (Fsp3) is 0.467. The van der Waals surface area contributed by atoms with Crippen LogP contribution >= 0.6 is 0 Å². The van der Waals surface area contributed by atoms with Crippen molar-refractivity contribution in [1.29, 1.82) is 0 Å². The molecule has 0 radical (unpaired) electrons. The lowest BCUT2D eigenvalue weighted by atomic mass is 10.2. The molecule has 0 unspecified atom stereocenters. The molecule has 0 heterocycles. The van der Waals surface area contributed by atoms with Crippen molar-refractivity contribution in [3.05, 3.63) is 29.8 Å². The molecule has 116 valence electrons. The largest absolute Gasteiger partial charge is 0.478 e. The van der Waals surface area contributed by atoms with Gasteiger partial charge in [-0.25, -0.2) is 9.59 Å². The second-order valence-corrected chi connectivity index (χ2v) is 5.15. The first-order chi connectivity index (χ1) is 9.93. The highest BCUT2D eigenvalue weighted by Gasteiger charge is 2.15. The fourth-order valence-electron chi connectivity index (χ4n) is 1.85. The van der Waals surface area contributed by atoms with Gasteiger partial charge in [-0.15, -0.1) is 0 Å². The van der Waals surface area contributed by atoms with Crippen LogP contribution in [0, 0.1) is 5.92 Å². The Morgan fingerprint density at radius 3 is 2.67 bits per heavy atom. The molecule has 1 aromatic carbocycles. The highest BCUT2D eigenvalue weighted by Crippen LogP contribution is 2.12. The van der Waals surface area contributed by atoms with E-state index in [4.69, 9.17) is 9.84 Å². The van der Waals surface area contributed by atoms with Gasteiger partial charge in [-0.3, -0.25) is 0 Å². The SMILES string of the molecule is COCCN(CC(C)C)C(=O)Nc1cccc(C(=O)O)c1. The molecular formula is C15H22N2O4. The number of aromatic carboxylic acids is 1. The number of urea groups is 1. The number of amides is 2. The van der Waals surface area contributed by atoms with Crippen LogP contribution in [0.15, 0.2) is 24.3 Å². The number of nitrogens with zero attached hydrogens (tertiary/aromatic N) is 1. The summed E-state index contributed by atoms with van der Waals surface area (Å²) in [5.41, 5.74) is 0.603. The van der Waals surface area contributed by atoms with Gasteiger partial charge < -0.3 is 20.1 Å². The third-order valence-electron chi connectivity index (χ3n) is 2.80. The van der Waals surface area contributed by atoms with E-state index in [2.05, 4.69) is 5.32 Å². The summed E-state index contributed by atoms with van der Waals surface area (Å²) in [6.07, 6.45) is 0. The Morgan fingerprint density at radius 1 is 1.38 bits per heavy atom. The molecule has 6 nitrogen and oxygen atoms in total. The summed E-state index contributed by atoms with van der Waals surface area (Å²) in [6, 6.07) is 5.91. The molecule has 0 bridgehead atoms. The number of carbonyl (C=O) groups is 2. The predicted molar refractivity (Wildman–Crippen MR) is 80.7 cm³/mol. The Hall–Kier alpha value is -2.08. The van der Waals surface area contributed by atoms with Gasteiger partial charge in [0, 0.05) is 25.9 Å². The molecule has 1 rings (SSSR count). The Morgan fingerprint density at radius 2 is 2.10 bits per heavy atom. The van der Waals surface area contributed by atoms with E-state index in [9.17, 15) is 9.59 Å². The van der Waals surface area contributed by atoms with Gasteiger partial charge in [0.05, 0.1) is 12.2 Å². The van der Waals surface area contributed by atoms with Crippen molar-refractivity contribution < 1.29 is 19.4 Å². The minimum Gasteiger partial charge on any atom is -0.478 e. The molecule has 0 aliphatic carbocycles. The van der Waals surface area contributed by atoms with Crippen molar-refractivity contribution in [2.75, 3.05) is 32.1 Å². The summed E-state index contributed by atoms with van der Waals surface area (Å²) in [6.45, 7) is 5.60. The number of ether oxygens (including phenoxy) is 1. The average Bonchev–Trinajstić information content (AvgIpc) is 2.43. The van der Waals surface area contributed by atoms with Gasteiger partial charge in [0.15, 0.2) is 0 Å². The number of hydrogen-bond donors (Lipinski definition) is 2. The van der Waals surface area contributed by atoms with Gasteiger partial charge >= 0.3 is 12.0 Å². The first-order valence-electron chi connectivity index (χ1n) is 6.82. The molecule has 1 aromatic rings. The second kappa shape index (κ2) is 8.26. The Labute approximate surface area is 124 Å². The number of benzene rings is 1. The van der Waals surface area contributed by atoms with E-state index < -0.39 is 5.97 Å². The average molecular weight is 294 g/mol. The number of anilines is 1. The third kappa shape index (κ3) is 5.83. The van der Waals surface area contributed by atoms with E-state index in [1.165, 1.54) is 12.1 Å². The van der Waals surface area contributed by atoms with Gasteiger partial charge in [-0.05, 0) is 24.1 Å². The lowest BCUT2D eigenvalue weighted by Gasteiger charge is -2.24. The zero-order chi connectivity index (χ0) is 15.8. The summed E-state index contributed by atoms with van der Waals surface area (Å²) in [7, 11) is 1.59. The van der Waals surface area contributed by atoms with Crippen LogP contribution in [0.3, 0.4) is 0 Å². The molecule has 0 spiro atoms. The lowest BCUT2D eigenvalue weighted by molar-refractivity contribution is 0.0697. The number of carboxylic acid groups (broad SMARTS) is 1. The van der Waals surface area contributed by atoms with Gasteiger partial charge in [0.25, 0.3) is 0 Å². The summed E-state index contributed by atoms with van der Waals surface area (Å²) in [5.74, 6) is -0.692. The number of nitrogens with one attached hydrogen (secondary N) is 1. The van der Waals surface area contributed by atoms with Gasteiger partial charge in [-0.2, -0.15) is 0 Å². The number of carbonyl (C=O) groups excluding carboxylic acids is 1. The minimum absolute atomic E-state index is 0.139. The summed E-state index contributed by atoms with van der Waals surface area (Å²) in [4.78, 5) is 24.8. The summed E-state index contributed by atoms with van der Waals surface area (Å²) in [5, 5.41) is 11.7. The number of hydrogen-bond acceptors (Lipinski definition) is 3. The first-order valence-corrected chi connectivity index (χ1v) is 6.82. The van der Waals surface area contributed by atoms with Crippen molar-refractivity contribution in [2.45, 2.75) is 13.8 Å². The predicted octanol–water partition coefficient (Wildman–Crippen LogP) is 2.52. The molecule has 0 saturated heterocycles. The number of rotatable bonds is 7. The van der Waals surface area contributed by atoms with Crippen LogP contribution in [0.2, 0.25) is 0 Å². The fourth-order valence-corrected chi connectivity index (χ4v) is 1.85. The van der Waals surface area contributed by atoms with Gasteiger partial charge in [0.1, 0.15) is 0 Å². The Balaban J connectivity index is 2.75. The van der Waals surface area contributed by atoms with E-state index in [0.29, 0.717) is 31.3 Å². The van der Waals surface area contributed by atoms with Gasteiger partial charge in [0.2, 0.25) is 0 Å². The van der Waals surface area contributed by atoms with Gasteiger partial charge in [-0.1, -0.05) is 19.9 Å². The molecule has 0 saturated carbocycles. The van der Waals surface area contributed by atoms with Crippen LogP contribution in [-0.4, -0.2) is 48.8 Å². The number of methoxy groups -OCH3 is 1. The van der Waals surface area contributed by atoms with Crippen LogP contribution in [0.5, 0.6) is 0 Å². The van der Waals surface area contributed by atoms with E-state index in [1.807, 2.05) is 13.8 Å². The topological polar surface area (TPSA) is 78.9 Å². The molecule has 0 atom stereocenters. The van der Waals surface area contributed by atoms with Crippen molar-refractivity contribution in [3.63, 3.8) is 0 Å². The van der Waals surface area contributed by atoms with Crippen LogP contribution in [0.4, 0.5) is 10.5 Å². The highest BCUT2D eigenvalue weighted by molar-refractivity contribution is 5.93. The molecule has 2 amide bonds. The van der Waals surface area contributed by atoms with Crippen LogP contribution in [0.25, 0.3) is 0 Å². The van der Waals surface area contributed by atoms with E-state index >= 15 is 0 Å². The third-order valence-corrected chi connectivity index (χ3v) is 2.80. The van der Waals surface area contributed by atoms with Crippen LogP contribution in [-0.2, 0) is 4.74 Å². The summed E-state index contributed by atoms with van der Waals surface area (Å²) < 4.78 is 5.01. The van der Waals surface area contributed by atoms with Crippen molar-refractivity contribution >= 4 is 17.7 Å². The summed E-state index contributed by atoms with van der Waals surface area (Å²) >= 11 is 0. The zero-order valence-electron chi connectivity index (χ0n) is 12.6. The van der Waals surface area contributed by atoms with Crippen molar-refractivity contribution in [3.8, 4) is 0 Å². The Bertz CT molecular complexity index is 488.